The van der Waals surface area contributed by atoms with E-state index in [1.807, 2.05) is 30.3 Å². The van der Waals surface area contributed by atoms with Crippen LogP contribution >= 0.6 is 0 Å². The van der Waals surface area contributed by atoms with Gasteiger partial charge in [0.1, 0.15) is 23.6 Å². The Morgan fingerprint density at radius 3 is 2.41 bits per heavy atom. The molecule has 0 radical (unpaired) electrons. The normalized spacial score (nSPS) is 14.5. The van der Waals surface area contributed by atoms with E-state index in [0.29, 0.717) is 23.6 Å². The van der Waals surface area contributed by atoms with Gasteiger partial charge in [-0.05, 0) is 55.8 Å². The van der Waals surface area contributed by atoms with Crippen molar-refractivity contribution in [2.45, 2.75) is 26.4 Å². The quantitative estimate of drug-likeness (QED) is 0.315. The van der Waals surface area contributed by atoms with Gasteiger partial charge in [0.05, 0.1) is 12.8 Å². The number of hydrogen-bond acceptors (Lipinski definition) is 7. The fourth-order valence-electron chi connectivity index (χ4n) is 4.92. The molecule has 3 heterocycles. The van der Waals surface area contributed by atoms with Gasteiger partial charge in [-0.2, -0.15) is 10.2 Å². The number of carbonyl (C=O) groups is 1. The number of fused-ring (bicyclic) bond motifs is 1. The van der Waals surface area contributed by atoms with Gasteiger partial charge in [-0.25, -0.2) is 9.20 Å². The second-order valence-corrected chi connectivity index (χ2v) is 9.87. The van der Waals surface area contributed by atoms with E-state index in [2.05, 4.69) is 49.6 Å². The van der Waals surface area contributed by atoms with Gasteiger partial charge < -0.3 is 15.0 Å². The molecule has 0 unspecified atom stereocenters. The summed E-state index contributed by atoms with van der Waals surface area (Å²) in [7, 11) is 1.61. The van der Waals surface area contributed by atoms with Crippen molar-refractivity contribution < 1.29 is 9.53 Å². The van der Waals surface area contributed by atoms with E-state index in [1.54, 1.807) is 20.1 Å². The topological polar surface area (TPSA) is 97.0 Å². The molecule has 1 fully saturated rings. The van der Waals surface area contributed by atoms with E-state index in [0.717, 1.165) is 57.0 Å². The van der Waals surface area contributed by atoms with E-state index in [1.165, 1.54) is 14.8 Å². The number of ether oxygens (including phenoxy) is 1. The molecule has 4 aromatic rings. The third-order valence-electron chi connectivity index (χ3n) is 7.10. The standard InChI is InChI=1S/C29H35N7O3/c1-22-31-35(29(38)27-19-26(32-36(22)27)24-9-11-25(39-2)12-10-24)21-28(37)30-13-6-14-33-15-17-34(18-16-33)20-23-7-4-3-5-8-23/h3-5,7-12,19H,6,13-18,20-21H2,1-2H3,(H,30,37). The maximum absolute atomic E-state index is 13.1. The average Bonchev–Trinajstić information content (AvgIpc) is 3.42. The molecule has 0 aliphatic carbocycles. The SMILES string of the molecule is COc1ccc(-c2cc3c(=O)n(CC(=O)NCCCN4CCN(Cc5ccccc5)CC4)nc(C)n3n2)cc1. The molecule has 2 aromatic carbocycles. The van der Waals surface area contributed by atoms with Crippen LogP contribution < -0.4 is 15.6 Å². The molecule has 10 heteroatoms. The summed E-state index contributed by atoms with van der Waals surface area (Å²) in [5.41, 5.74) is 2.90. The fraction of sp³-hybridized carbons (Fsp3) is 0.379. The second kappa shape index (κ2) is 12.2. The van der Waals surface area contributed by atoms with E-state index in [9.17, 15) is 9.59 Å². The van der Waals surface area contributed by atoms with Crippen LogP contribution in [0.25, 0.3) is 16.8 Å². The number of nitrogens with one attached hydrogen (secondary N) is 1. The van der Waals surface area contributed by atoms with Gasteiger partial charge in [-0.15, -0.1) is 0 Å². The van der Waals surface area contributed by atoms with Crippen LogP contribution in [-0.4, -0.2) is 81.5 Å². The molecule has 5 rings (SSSR count). The number of nitrogens with zero attached hydrogens (tertiary/aromatic N) is 6. The van der Waals surface area contributed by atoms with Crippen molar-refractivity contribution in [3.05, 3.63) is 82.4 Å². The molecule has 1 saturated heterocycles. The van der Waals surface area contributed by atoms with Crippen LogP contribution in [0.5, 0.6) is 5.75 Å². The van der Waals surface area contributed by atoms with Crippen molar-refractivity contribution >= 4 is 11.4 Å². The van der Waals surface area contributed by atoms with Crippen molar-refractivity contribution in [3.8, 4) is 17.0 Å². The highest BCUT2D eigenvalue weighted by molar-refractivity contribution is 5.75. The van der Waals surface area contributed by atoms with Crippen LogP contribution in [-0.2, 0) is 17.9 Å². The maximum atomic E-state index is 13.1. The second-order valence-electron chi connectivity index (χ2n) is 9.87. The number of methoxy groups -OCH3 is 1. The molecule has 1 amide bonds. The number of benzene rings is 2. The summed E-state index contributed by atoms with van der Waals surface area (Å²) in [6.45, 7) is 8.29. The van der Waals surface area contributed by atoms with E-state index in [4.69, 9.17) is 4.74 Å². The van der Waals surface area contributed by atoms with Crippen LogP contribution in [0, 0.1) is 6.92 Å². The zero-order chi connectivity index (χ0) is 27.2. The molecule has 0 bridgehead atoms. The summed E-state index contributed by atoms with van der Waals surface area (Å²) in [4.78, 5) is 30.6. The highest BCUT2D eigenvalue weighted by atomic mass is 16.5. The molecule has 0 saturated carbocycles. The largest absolute Gasteiger partial charge is 0.497 e. The molecule has 2 aromatic heterocycles. The summed E-state index contributed by atoms with van der Waals surface area (Å²) in [5.74, 6) is 1.05. The lowest BCUT2D eigenvalue weighted by Crippen LogP contribution is -2.46. The molecule has 39 heavy (non-hydrogen) atoms. The lowest BCUT2D eigenvalue weighted by atomic mass is 10.1. The van der Waals surface area contributed by atoms with Crippen molar-refractivity contribution in [1.29, 1.82) is 0 Å². The highest BCUT2D eigenvalue weighted by Crippen LogP contribution is 2.22. The number of aromatic nitrogens is 4. The molecule has 1 N–H and O–H groups in total. The zero-order valence-electron chi connectivity index (χ0n) is 22.5. The first-order chi connectivity index (χ1) is 19.0. The van der Waals surface area contributed by atoms with Gasteiger partial charge in [0, 0.05) is 44.8 Å². The Kier molecular flexibility index (Phi) is 8.33. The Morgan fingerprint density at radius 1 is 0.974 bits per heavy atom. The van der Waals surface area contributed by atoms with Gasteiger partial charge in [0.25, 0.3) is 5.56 Å². The Bertz CT molecular complexity index is 1460. The predicted molar refractivity (Wildman–Crippen MR) is 150 cm³/mol. The fourth-order valence-corrected chi connectivity index (χ4v) is 4.92. The minimum absolute atomic E-state index is 0.128. The Labute approximate surface area is 227 Å². The predicted octanol–water partition coefficient (Wildman–Crippen LogP) is 2.20. The third kappa shape index (κ3) is 6.52. The van der Waals surface area contributed by atoms with Crippen LogP contribution in [0.2, 0.25) is 0 Å². The summed E-state index contributed by atoms with van der Waals surface area (Å²) in [5, 5.41) is 11.8. The lowest BCUT2D eigenvalue weighted by Gasteiger charge is -2.34. The van der Waals surface area contributed by atoms with Crippen LogP contribution in [0.15, 0.2) is 65.5 Å². The number of piperazine rings is 1. The van der Waals surface area contributed by atoms with Crippen molar-refractivity contribution in [2.24, 2.45) is 0 Å². The summed E-state index contributed by atoms with van der Waals surface area (Å²) < 4.78 is 7.95. The molecule has 1 aliphatic rings. The van der Waals surface area contributed by atoms with Crippen LogP contribution in [0.4, 0.5) is 0 Å². The van der Waals surface area contributed by atoms with Gasteiger partial charge in [-0.1, -0.05) is 30.3 Å². The van der Waals surface area contributed by atoms with E-state index < -0.39 is 0 Å². The Morgan fingerprint density at radius 2 is 1.69 bits per heavy atom. The average molecular weight is 530 g/mol. The molecule has 204 valence electrons. The number of rotatable bonds is 10. The highest BCUT2D eigenvalue weighted by Gasteiger charge is 2.17. The first-order valence-corrected chi connectivity index (χ1v) is 13.4. The van der Waals surface area contributed by atoms with Crippen molar-refractivity contribution in [3.63, 3.8) is 0 Å². The smallest absolute Gasteiger partial charge is 0.293 e. The number of carbonyl (C=O) groups excluding carboxylic acids is 1. The number of hydrogen-bond donors (Lipinski definition) is 1. The molecular formula is C29H35N7O3. The number of amides is 1. The maximum Gasteiger partial charge on any atom is 0.293 e. The first kappa shape index (κ1) is 26.6. The minimum atomic E-state index is -0.351. The molecule has 10 nitrogen and oxygen atoms in total. The van der Waals surface area contributed by atoms with Gasteiger partial charge in [-0.3, -0.25) is 14.5 Å². The van der Waals surface area contributed by atoms with Crippen molar-refractivity contribution in [1.82, 2.24) is 34.5 Å². The third-order valence-corrected chi connectivity index (χ3v) is 7.10. The van der Waals surface area contributed by atoms with Crippen LogP contribution in [0.3, 0.4) is 0 Å². The van der Waals surface area contributed by atoms with E-state index >= 15 is 0 Å². The van der Waals surface area contributed by atoms with Crippen molar-refractivity contribution in [2.75, 3.05) is 46.4 Å². The number of aryl methyl sites for hydroxylation is 1. The van der Waals surface area contributed by atoms with Gasteiger partial charge in [0.2, 0.25) is 5.91 Å². The first-order valence-electron chi connectivity index (χ1n) is 13.4. The van der Waals surface area contributed by atoms with Crippen LogP contribution in [0.1, 0.15) is 17.8 Å². The minimum Gasteiger partial charge on any atom is -0.497 e. The molecule has 1 aliphatic heterocycles. The summed E-state index contributed by atoms with van der Waals surface area (Å²) >= 11 is 0. The van der Waals surface area contributed by atoms with Gasteiger partial charge in [0.15, 0.2) is 0 Å². The Hall–Kier alpha value is -4.02. The van der Waals surface area contributed by atoms with Gasteiger partial charge >= 0.3 is 0 Å². The Balaban J connectivity index is 1.10. The molecule has 0 atom stereocenters. The lowest BCUT2D eigenvalue weighted by molar-refractivity contribution is -0.121. The van der Waals surface area contributed by atoms with E-state index in [-0.39, 0.29) is 18.0 Å². The molecule has 0 spiro atoms. The summed E-state index contributed by atoms with van der Waals surface area (Å²) in [6.07, 6.45) is 0.860. The molecular weight excluding hydrogens is 494 g/mol. The zero-order valence-corrected chi connectivity index (χ0v) is 22.5. The summed E-state index contributed by atoms with van der Waals surface area (Å²) in [6, 6.07) is 19.8. The monoisotopic (exact) mass is 529 g/mol.